The summed E-state index contributed by atoms with van der Waals surface area (Å²) in [6.45, 7) is 14.9. The number of morpholine rings is 1. The van der Waals surface area contributed by atoms with Crippen LogP contribution < -0.4 is 5.73 Å². The second-order valence-electron chi connectivity index (χ2n) is 7.03. The van der Waals surface area contributed by atoms with Crippen LogP contribution in [0.25, 0.3) is 0 Å². The number of likely N-dealkylation sites (tertiary alicyclic amines) is 1. The Morgan fingerprint density at radius 3 is 1.81 bits per heavy atom. The van der Waals surface area contributed by atoms with E-state index >= 15 is 0 Å². The van der Waals surface area contributed by atoms with Crippen molar-refractivity contribution >= 4 is 0 Å². The lowest BCUT2D eigenvalue weighted by atomic mass is 10.1. The van der Waals surface area contributed by atoms with E-state index in [4.69, 9.17) is 10.5 Å². The Kier molecular flexibility index (Phi) is 4.04. The van der Waals surface area contributed by atoms with Crippen LogP contribution in [0.5, 0.6) is 0 Å². The van der Waals surface area contributed by atoms with Crippen molar-refractivity contribution in [1.29, 1.82) is 0 Å². The fourth-order valence-corrected chi connectivity index (χ4v) is 2.22. The zero-order chi connectivity index (χ0) is 12.6. The maximum Gasteiger partial charge on any atom is 0.0718 e. The summed E-state index contributed by atoms with van der Waals surface area (Å²) < 4.78 is 5.54. The maximum absolute atomic E-state index is 5.54. The summed E-state index contributed by atoms with van der Waals surface area (Å²) in [5, 5.41) is 0. The first-order valence-electron chi connectivity index (χ1n) is 6.24. The molecule has 2 saturated heterocycles. The average Bonchev–Trinajstić information content (AvgIpc) is 2.57. The molecule has 2 heterocycles. The van der Waals surface area contributed by atoms with Crippen molar-refractivity contribution in [3.63, 3.8) is 0 Å². The fourth-order valence-electron chi connectivity index (χ4n) is 2.22. The minimum absolute atomic E-state index is 0. The fraction of sp³-hybridized carbons (Fsp3) is 1.00. The number of nitrogens with zero attached hydrogens (tertiary/aromatic N) is 1. The Labute approximate surface area is 100 Å². The molecule has 2 atom stereocenters. The van der Waals surface area contributed by atoms with Crippen molar-refractivity contribution in [2.24, 2.45) is 5.73 Å². The van der Waals surface area contributed by atoms with Crippen LogP contribution in [0.1, 0.15) is 48.0 Å². The smallest absolute Gasteiger partial charge is 0.0718 e. The summed E-state index contributed by atoms with van der Waals surface area (Å²) in [6, 6.07) is 0.708. The molecule has 2 bridgehead atoms. The highest BCUT2D eigenvalue weighted by Crippen LogP contribution is 2.33. The molecule has 0 aromatic carbocycles. The highest BCUT2D eigenvalue weighted by molar-refractivity contribution is 4.96. The van der Waals surface area contributed by atoms with Gasteiger partial charge in [-0.3, -0.25) is 4.90 Å². The molecule has 0 saturated carbocycles. The highest BCUT2D eigenvalue weighted by Gasteiger charge is 2.43. The largest absolute Gasteiger partial charge is 0.375 e. The third kappa shape index (κ3) is 4.40. The average molecular weight is 228 g/mol. The second-order valence-corrected chi connectivity index (χ2v) is 7.03. The van der Waals surface area contributed by atoms with E-state index in [1.165, 1.54) is 6.42 Å². The van der Waals surface area contributed by atoms with Gasteiger partial charge in [0.2, 0.25) is 0 Å². The highest BCUT2D eigenvalue weighted by atomic mass is 16.5. The molecule has 16 heavy (non-hydrogen) atoms. The molecule has 0 amide bonds. The summed E-state index contributed by atoms with van der Waals surface area (Å²) in [5.74, 6) is 0. The van der Waals surface area contributed by atoms with Crippen LogP contribution in [-0.4, -0.2) is 41.3 Å². The summed E-state index contributed by atoms with van der Waals surface area (Å²) in [6.07, 6.45) is 1.80. The van der Waals surface area contributed by atoms with Gasteiger partial charge >= 0.3 is 0 Å². The quantitative estimate of drug-likeness (QED) is 0.689. The predicted molar refractivity (Wildman–Crippen MR) is 68.5 cm³/mol. The van der Waals surface area contributed by atoms with Crippen molar-refractivity contribution in [3.05, 3.63) is 0 Å². The molecule has 3 heteroatoms. The van der Waals surface area contributed by atoms with Gasteiger partial charge in [-0.25, -0.2) is 0 Å². The molecule has 2 aliphatic heterocycles. The lowest BCUT2D eigenvalue weighted by Gasteiger charge is -2.38. The van der Waals surface area contributed by atoms with E-state index in [9.17, 15) is 0 Å². The Bertz CT molecular complexity index is 221. The minimum atomic E-state index is 0. The number of nitrogens with two attached hydrogens (primary N) is 1. The van der Waals surface area contributed by atoms with E-state index < -0.39 is 0 Å². The van der Waals surface area contributed by atoms with Gasteiger partial charge in [-0.15, -0.1) is 0 Å². The Morgan fingerprint density at radius 1 is 1.12 bits per heavy atom. The molecular weight excluding hydrogens is 200 g/mol. The Hall–Kier alpha value is -0.120. The molecule has 2 fully saturated rings. The van der Waals surface area contributed by atoms with Gasteiger partial charge in [0, 0.05) is 23.7 Å². The van der Waals surface area contributed by atoms with Crippen molar-refractivity contribution in [3.8, 4) is 0 Å². The Morgan fingerprint density at radius 2 is 1.62 bits per heavy atom. The first kappa shape index (κ1) is 13.9. The van der Waals surface area contributed by atoms with Gasteiger partial charge in [-0.05, 0) is 48.0 Å². The lowest BCUT2D eigenvalue weighted by molar-refractivity contribution is -0.00804. The van der Waals surface area contributed by atoms with Crippen molar-refractivity contribution < 1.29 is 4.74 Å². The van der Waals surface area contributed by atoms with Gasteiger partial charge in [0.05, 0.1) is 12.7 Å². The number of hydrogen-bond donors (Lipinski definition) is 1. The normalized spacial score (nSPS) is 30.2. The van der Waals surface area contributed by atoms with Gasteiger partial charge in [0.25, 0.3) is 0 Å². The topological polar surface area (TPSA) is 38.5 Å². The molecule has 0 aromatic rings. The first-order chi connectivity index (χ1) is 7.07. The number of ether oxygens (including phenoxy) is 1. The van der Waals surface area contributed by atoms with Gasteiger partial charge in [0.1, 0.15) is 0 Å². The molecular formula is C13H28N2O. The van der Waals surface area contributed by atoms with E-state index in [-0.39, 0.29) is 5.54 Å². The molecule has 0 spiro atoms. The molecule has 2 N–H and O–H groups in total. The van der Waals surface area contributed by atoms with Crippen LogP contribution >= 0.6 is 0 Å². The molecule has 96 valence electrons. The zero-order valence-corrected chi connectivity index (χ0v) is 11.7. The predicted octanol–water partition coefficient (Wildman–Crippen LogP) is 2.00. The van der Waals surface area contributed by atoms with Gasteiger partial charge in [-0.2, -0.15) is 0 Å². The molecule has 3 nitrogen and oxygen atoms in total. The summed E-state index contributed by atoms with van der Waals surface area (Å²) in [5.41, 5.74) is 5.69. The van der Waals surface area contributed by atoms with Crippen molar-refractivity contribution in [2.75, 3.05) is 13.2 Å². The minimum Gasteiger partial charge on any atom is -0.375 e. The second kappa shape index (κ2) is 4.63. The SMILES string of the molecule is CC(C)(C)N.CC(C)(C)N1C[C@@H]2C[C@H]1CO2. The Balaban J connectivity index is 0.000000221. The number of rotatable bonds is 0. The third-order valence-electron chi connectivity index (χ3n) is 2.76. The van der Waals surface area contributed by atoms with Crippen LogP contribution in [0.15, 0.2) is 0 Å². The monoisotopic (exact) mass is 228 g/mol. The van der Waals surface area contributed by atoms with E-state index in [2.05, 4.69) is 25.7 Å². The van der Waals surface area contributed by atoms with Crippen LogP contribution in [0.2, 0.25) is 0 Å². The van der Waals surface area contributed by atoms with Crippen LogP contribution in [-0.2, 0) is 4.74 Å². The summed E-state index contributed by atoms with van der Waals surface area (Å²) in [4.78, 5) is 2.57. The molecule has 0 aromatic heterocycles. The van der Waals surface area contributed by atoms with Gasteiger partial charge < -0.3 is 10.5 Å². The van der Waals surface area contributed by atoms with E-state index in [0.717, 1.165) is 13.2 Å². The van der Waals surface area contributed by atoms with Crippen molar-refractivity contribution in [1.82, 2.24) is 4.90 Å². The van der Waals surface area contributed by atoms with Gasteiger partial charge in [0.15, 0.2) is 0 Å². The van der Waals surface area contributed by atoms with E-state index in [0.29, 0.717) is 17.7 Å². The molecule has 0 aliphatic carbocycles. The number of fused-ring (bicyclic) bond motifs is 2. The number of hydrogen-bond acceptors (Lipinski definition) is 3. The van der Waals surface area contributed by atoms with Crippen LogP contribution in [0.3, 0.4) is 0 Å². The van der Waals surface area contributed by atoms with Crippen LogP contribution in [0, 0.1) is 0 Å². The standard InChI is InChI=1S/C9H17NO.C4H11N/c1-9(2,3)10-5-8-4-7(10)6-11-8;1-4(2,3)5/h7-8H,4-6H2,1-3H3;5H2,1-3H3/t7-,8-;/m0./s1. The maximum atomic E-state index is 5.54. The molecule has 0 unspecified atom stereocenters. The third-order valence-corrected chi connectivity index (χ3v) is 2.76. The molecule has 2 rings (SSSR count). The van der Waals surface area contributed by atoms with E-state index in [1.54, 1.807) is 0 Å². The van der Waals surface area contributed by atoms with Crippen LogP contribution in [0.4, 0.5) is 0 Å². The summed E-state index contributed by atoms with van der Waals surface area (Å²) >= 11 is 0. The first-order valence-corrected chi connectivity index (χ1v) is 6.24. The lowest BCUT2D eigenvalue weighted by Crippen LogP contribution is -2.48. The van der Waals surface area contributed by atoms with Gasteiger partial charge in [-0.1, -0.05) is 0 Å². The zero-order valence-electron chi connectivity index (χ0n) is 11.7. The molecule has 0 radical (unpaired) electrons. The molecule has 2 aliphatic rings. The van der Waals surface area contributed by atoms with Crippen molar-refractivity contribution in [2.45, 2.75) is 71.2 Å². The summed E-state index contributed by atoms with van der Waals surface area (Å²) in [7, 11) is 0. The van der Waals surface area contributed by atoms with E-state index in [1.807, 2.05) is 20.8 Å².